The molecule has 9 heteroatoms. The molecule has 0 spiro atoms. The molecule has 0 aliphatic carbocycles. The summed E-state index contributed by atoms with van der Waals surface area (Å²) in [7, 11) is -8.13. The summed E-state index contributed by atoms with van der Waals surface area (Å²) in [6.45, 7) is 0. The third kappa shape index (κ3) is 4.04. The van der Waals surface area contributed by atoms with Crippen molar-refractivity contribution >= 4 is 32.2 Å². The Kier molecular flexibility index (Phi) is 4.87. The monoisotopic (exact) mass is 334 g/mol. The summed E-state index contributed by atoms with van der Waals surface area (Å²) in [6.07, 6.45) is 4.56. The van der Waals surface area contributed by atoms with Crippen LogP contribution in [0, 0.1) is 0 Å². The van der Waals surface area contributed by atoms with E-state index < -0.39 is 25.9 Å². The molecule has 3 nitrogen and oxygen atoms in total. The third-order valence-corrected chi connectivity index (χ3v) is 6.97. The minimum atomic E-state index is -5.59. The lowest BCUT2D eigenvalue weighted by molar-refractivity contribution is -0.0495. The number of benzene rings is 1. The predicted octanol–water partition coefficient (Wildman–Crippen LogP) is 3.61. The molecular formula is C10H13F3O3S3. The molecule has 110 valence electrons. The highest BCUT2D eigenvalue weighted by atomic mass is 32.3. The van der Waals surface area contributed by atoms with Gasteiger partial charge in [-0.3, -0.25) is 0 Å². The Bertz CT molecular complexity index is 535. The fourth-order valence-corrected chi connectivity index (χ4v) is 4.82. The van der Waals surface area contributed by atoms with Gasteiger partial charge in [0.2, 0.25) is 0 Å². The molecule has 1 aromatic rings. The van der Waals surface area contributed by atoms with Gasteiger partial charge < -0.3 is 0 Å². The molecule has 0 aliphatic heterocycles. The molecule has 0 saturated carbocycles. The first-order valence-electron chi connectivity index (χ1n) is 4.89. The van der Waals surface area contributed by atoms with Gasteiger partial charge in [-0.1, -0.05) is 10.3 Å². The number of hydrogen-bond acceptors (Lipinski definition) is 4. The van der Waals surface area contributed by atoms with E-state index in [1.807, 2.05) is 6.26 Å². The van der Waals surface area contributed by atoms with E-state index in [1.54, 1.807) is 24.3 Å². The second-order valence-corrected chi connectivity index (χ2v) is 9.61. The van der Waals surface area contributed by atoms with Crippen LogP contribution in [0.15, 0.2) is 34.1 Å². The highest BCUT2D eigenvalue weighted by Gasteiger charge is 2.49. The Morgan fingerprint density at radius 2 is 1.58 bits per heavy atom. The first-order valence-corrected chi connectivity index (χ1v) is 9.90. The van der Waals surface area contributed by atoms with Crippen molar-refractivity contribution in [2.45, 2.75) is 15.3 Å². The fraction of sp³-hybridized carbons (Fsp3) is 0.400. The molecule has 0 heterocycles. The Morgan fingerprint density at radius 1 is 1.11 bits per heavy atom. The van der Waals surface area contributed by atoms with Gasteiger partial charge in [0.25, 0.3) is 0 Å². The lowest BCUT2D eigenvalue weighted by Gasteiger charge is -2.30. The van der Waals surface area contributed by atoms with Crippen molar-refractivity contribution < 1.29 is 25.2 Å². The van der Waals surface area contributed by atoms with Crippen LogP contribution in [0.3, 0.4) is 0 Å². The summed E-state index contributed by atoms with van der Waals surface area (Å²) >= 11 is 1.48. The molecule has 1 aromatic carbocycles. The van der Waals surface area contributed by atoms with Crippen LogP contribution in [0.2, 0.25) is 0 Å². The lowest BCUT2D eigenvalue weighted by Crippen LogP contribution is -2.26. The maximum atomic E-state index is 12.3. The van der Waals surface area contributed by atoms with Crippen LogP contribution in [-0.2, 0) is 13.7 Å². The fourth-order valence-electron chi connectivity index (χ4n) is 1.21. The van der Waals surface area contributed by atoms with Crippen LogP contribution < -0.4 is 0 Å². The van der Waals surface area contributed by atoms with E-state index in [0.717, 1.165) is 4.90 Å². The minimum absolute atomic E-state index is 0.429. The summed E-state index contributed by atoms with van der Waals surface area (Å²) in [6, 6.07) is 6.57. The van der Waals surface area contributed by atoms with Crippen molar-refractivity contribution in [3.8, 4) is 0 Å². The van der Waals surface area contributed by atoms with E-state index >= 15 is 0 Å². The number of rotatable bonds is 4. The summed E-state index contributed by atoms with van der Waals surface area (Å²) in [4.78, 5) is 1.36. The van der Waals surface area contributed by atoms with Crippen molar-refractivity contribution in [3.63, 3.8) is 0 Å². The smallest absolute Gasteiger partial charge is 0.209 e. The van der Waals surface area contributed by atoms with Gasteiger partial charge in [-0.05, 0) is 43.0 Å². The van der Waals surface area contributed by atoms with E-state index in [0.29, 0.717) is 4.90 Å². The summed E-state index contributed by atoms with van der Waals surface area (Å²) < 4.78 is 63.3. The van der Waals surface area contributed by atoms with Crippen molar-refractivity contribution in [2.75, 3.05) is 18.8 Å². The number of hydrogen-bond donors (Lipinski definition) is 0. The topological polar surface area (TPSA) is 43.4 Å². The standard InChI is InChI=1S/C10H13F3O3S3/c1-17-8-4-6-9(7-5-8)18(2,3)16-19(14,15)10(11,12)13/h4-7H,1-3H3. The predicted molar refractivity (Wildman–Crippen MR) is 72.0 cm³/mol. The zero-order valence-corrected chi connectivity index (χ0v) is 12.8. The molecule has 0 bridgehead atoms. The number of thioether (sulfide) groups is 1. The van der Waals surface area contributed by atoms with Crippen molar-refractivity contribution in [2.24, 2.45) is 0 Å². The van der Waals surface area contributed by atoms with Crippen LogP contribution >= 0.6 is 22.1 Å². The highest BCUT2D eigenvalue weighted by Crippen LogP contribution is 2.53. The molecule has 0 aliphatic rings. The molecule has 19 heavy (non-hydrogen) atoms. The molecule has 0 saturated heterocycles. The Labute approximate surface area is 116 Å². The molecule has 0 N–H and O–H groups in total. The van der Waals surface area contributed by atoms with Crippen molar-refractivity contribution in [1.82, 2.24) is 0 Å². The Hall–Kier alpha value is -0.380. The van der Waals surface area contributed by atoms with Gasteiger partial charge in [0, 0.05) is 9.79 Å². The summed E-state index contributed by atoms with van der Waals surface area (Å²) in [5.41, 5.74) is -5.41. The largest absolute Gasteiger partial charge is 0.523 e. The highest BCUT2D eigenvalue weighted by molar-refractivity contribution is 8.32. The molecular weight excluding hydrogens is 321 g/mol. The van der Waals surface area contributed by atoms with Gasteiger partial charge in [0.1, 0.15) is 0 Å². The Morgan fingerprint density at radius 3 is 1.95 bits per heavy atom. The third-order valence-electron chi connectivity index (χ3n) is 2.17. The molecule has 0 fully saturated rings. The second-order valence-electron chi connectivity index (χ2n) is 3.88. The first-order chi connectivity index (χ1) is 8.49. The van der Waals surface area contributed by atoms with E-state index in [2.05, 4.69) is 3.63 Å². The Balaban J connectivity index is 3.04. The van der Waals surface area contributed by atoms with E-state index in [1.165, 1.54) is 24.3 Å². The van der Waals surface area contributed by atoms with Crippen LogP contribution in [0.25, 0.3) is 0 Å². The van der Waals surface area contributed by atoms with Gasteiger partial charge in [-0.15, -0.1) is 11.8 Å². The number of alkyl halides is 3. The van der Waals surface area contributed by atoms with Crippen molar-refractivity contribution in [1.29, 1.82) is 0 Å². The molecule has 0 radical (unpaired) electrons. The summed E-state index contributed by atoms with van der Waals surface area (Å²) in [5.74, 6) is 0. The van der Waals surface area contributed by atoms with Crippen LogP contribution in [0.5, 0.6) is 0 Å². The number of halogens is 3. The SMILES string of the molecule is CSc1ccc(S(C)(C)OS(=O)(=O)C(F)(F)F)cc1. The van der Waals surface area contributed by atoms with Gasteiger partial charge in [0.05, 0.1) is 0 Å². The molecule has 1 rings (SSSR count). The van der Waals surface area contributed by atoms with Crippen LogP contribution in [-0.4, -0.2) is 32.7 Å². The molecule has 0 amide bonds. The molecule has 0 aromatic heterocycles. The van der Waals surface area contributed by atoms with E-state index in [4.69, 9.17) is 0 Å². The quantitative estimate of drug-likeness (QED) is 0.623. The molecule has 0 unspecified atom stereocenters. The van der Waals surface area contributed by atoms with Gasteiger partial charge in [-0.25, -0.2) is 3.63 Å². The van der Waals surface area contributed by atoms with Gasteiger partial charge >= 0.3 is 15.6 Å². The average molecular weight is 334 g/mol. The van der Waals surface area contributed by atoms with E-state index in [9.17, 15) is 21.6 Å². The zero-order valence-electron chi connectivity index (χ0n) is 10.4. The van der Waals surface area contributed by atoms with Crippen LogP contribution in [0.4, 0.5) is 13.2 Å². The van der Waals surface area contributed by atoms with Gasteiger partial charge in [-0.2, -0.15) is 21.6 Å². The molecule has 0 atom stereocenters. The minimum Gasteiger partial charge on any atom is -0.209 e. The van der Waals surface area contributed by atoms with Gasteiger partial charge in [0.15, 0.2) is 0 Å². The summed E-state index contributed by atoms with van der Waals surface area (Å²) in [5, 5.41) is 0. The van der Waals surface area contributed by atoms with Crippen LogP contribution in [0.1, 0.15) is 0 Å². The zero-order chi connectivity index (χ0) is 14.9. The normalized spacial score (nSPS) is 14.4. The average Bonchev–Trinajstić information content (AvgIpc) is 2.26. The second kappa shape index (κ2) is 5.55. The first kappa shape index (κ1) is 16.7. The maximum Gasteiger partial charge on any atom is 0.523 e. The maximum absolute atomic E-state index is 12.3. The van der Waals surface area contributed by atoms with Crippen molar-refractivity contribution in [3.05, 3.63) is 24.3 Å². The van der Waals surface area contributed by atoms with E-state index in [-0.39, 0.29) is 0 Å². The lowest BCUT2D eigenvalue weighted by atomic mass is 10.4.